The van der Waals surface area contributed by atoms with Gasteiger partial charge in [-0.2, -0.15) is 5.10 Å². The summed E-state index contributed by atoms with van der Waals surface area (Å²) in [5.41, 5.74) is 2.55. The van der Waals surface area contributed by atoms with Gasteiger partial charge < -0.3 is 10.1 Å². The summed E-state index contributed by atoms with van der Waals surface area (Å²) in [6.07, 6.45) is 0. The molecule has 2 heterocycles. The molecule has 0 unspecified atom stereocenters. The zero-order chi connectivity index (χ0) is 21.8. The first-order valence-electron chi connectivity index (χ1n) is 9.87. The zero-order valence-corrected chi connectivity index (χ0v) is 18.7. The van der Waals surface area contributed by atoms with Crippen LogP contribution in [-0.4, -0.2) is 44.1 Å². The van der Waals surface area contributed by atoms with Gasteiger partial charge in [-0.1, -0.05) is 23.9 Å². The van der Waals surface area contributed by atoms with E-state index in [0.29, 0.717) is 35.0 Å². The average molecular weight is 430 g/mol. The number of hydrogen-bond acceptors (Lipinski definition) is 6. The highest BCUT2D eigenvalue weighted by atomic mass is 32.2. The maximum atomic E-state index is 13.4. The summed E-state index contributed by atoms with van der Waals surface area (Å²) in [4.78, 5) is 30.3. The molecule has 1 amide bonds. The van der Waals surface area contributed by atoms with Crippen LogP contribution in [-0.2, 0) is 17.9 Å². The molecule has 0 radical (unpaired) electrons. The highest BCUT2D eigenvalue weighted by molar-refractivity contribution is 7.99. The molecular weight excluding hydrogens is 402 g/mol. The Kier molecular flexibility index (Phi) is 6.81. The number of carbonyl (C=O) groups is 1. The van der Waals surface area contributed by atoms with Crippen molar-refractivity contribution in [3.8, 4) is 5.75 Å². The second-order valence-electron chi connectivity index (χ2n) is 7.24. The van der Waals surface area contributed by atoms with Gasteiger partial charge in [0.2, 0.25) is 5.91 Å². The summed E-state index contributed by atoms with van der Waals surface area (Å²) in [6.45, 7) is 8.53. The number of rotatable bonds is 8. The van der Waals surface area contributed by atoms with Crippen LogP contribution in [0.4, 0.5) is 0 Å². The number of aryl methyl sites for hydroxylation is 2. The lowest BCUT2D eigenvalue weighted by molar-refractivity contribution is -0.119. The smallest absolute Gasteiger partial charge is 0.280 e. The van der Waals surface area contributed by atoms with Crippen LogP contribution in [0.25, 0.3) is 11.0 Å². The molecule has 1 N–H and O–H groups in total. The van der Waals surface area contributed by atoms with Crippen LogP contribution in [0.3, 0.4) is 0 Å². The maximum Gasteiger partial charge on any atom is 0.280 e. The first-order valence-corrected chi connectivity index (χ1v) is 10.9. The van der Waals surface area contributed by atoms with E-state index in [2.05, 4.69) is 10.4 Å². The Morgan fingerprint density at radius 2 is 1.97 bits per heavy atom. The van der Waals surface area contributed by atoms with Crippen molar-refractivity contribution in [2.45, 2.75) is 52.0 Å². The molecule has 0 aliphatic heterocycles. The highest BCUT2D eigenvalue weighted by Gasteiger charge is 2.19. The van der Waals surface area contributed by atoms with E-state index in [1.165, 1.54) is 11.8 Å². The Morgan fingerprint density at radius 3 is 2.57 bits per heavy atom. The Morgan fingerprint density at radius 1 is 1.27 bits per heavy atom. The fourth-order valence-electron chi connectivity index (χ4n) is 3.17. The van der Waals surface area contributed by atoms with E-state index in [1.54, 1.807) is 16.4 Å². The molecule has 0 aliphatic carbocycles. The summed E-state index contributed by atoms with van der Waals surface area (Å²) >= 11 is 1.26. The third-order valence-corrected chi connectivity index (χ3v) is 5.54. The van der Waals surface area contributed by atoms with E-state index in [-0.39, 0.29) is 23.3 Å². The Labute approximate surface area is 179 Å². The molecule has 8 nitrogen and oxygen atoms in total. The summed E-state index contributed by atoms with van der Waals surface area (Å²) in [7, 11) is 1.61. The number of nitrogens with zero attached hydrogens (tertiary/aromatic N) is 4. The summed E-state index contributed by atoms with van der Waals surface area (Å²) < 4.78 is 8.51. The molecule has 3 aromatic rings. The molecule has 0 fully saturated rings. The van der Waals surface area contributed by atoms with Gasteiger partial charge in [-0.3, -0.25) is 18.8 Å². The van der Waals surface area contributed by atoms with Gasteiger partial charge in [-0.15, -0.1) is 0 Å². The van der Waals surface area contributed by atoms with Crippen LogP contribution in [0, 0.1) is 6.92 Å². The van der Waals surface area contributed by atoms with Crippen molar-refractivity contribution in [3.05, 3.63) is 45.9 Å². The summed E-state index contributed by atoms with van der Waals surface area (Å²) in [5, 5.41) is 7.82. The van der Waals surface area contributed by atoms with Gasteiger partial charge in [-0.25, -0.2) is 4.98 Å². The molecule has 0 aliphatic rings. The minimum absolute atomic E-state index is 0.0556. The van der Waals surface area contributed by atoms with E-state index in [9.17, 15) is 9.59 Å². The number of thioether (sulfide) groups is 1. The molecule has 160 valence electrons. The maximum absolute atomic E-state index is 13.4. The predicted molar refractivity (Wildman–Crippen MR) is 118 cm³/mol. The molecule has 0 saturated carbocycles. The predicted octanol–water partition coefficient (Wildman–Crippen LogP) is 2.59. The molecule has 1 aromatic carbocycles. The van der Waals surface area contributed by atoms with Crippen molar-refractivity contribution in [2.24, 2.45) is 0 Å². The van der Waals surface area contributed by atoms with Gasteiger partial charge in [0.25, 0.3) is 5.56 Å². The molecule has 0 atom stereocenters. The van der Waals surface area contributed by atoms with Crippen LogP contribution in [0.1, 0.15) is 32.0 Å². The van der Waals surface area contributed by atoms with Crippen molar-refractivity contribution >= 4 is 28.7 Å². The molecule has 0 spiro atoms. The van der Waals surface area contributed by atoms with Crippen LogP contribution < -0.4 is 15.6 Å². The van der Waals surface area contributed by atoms with Crippen LogP contribution in [0.5, 0.6) is 5.75 Å². The van der Waals surface area contributed by atoms with Gasteiger partial charge in [0.15, 0.2) is 10.7 Å². The number of fused-ring (bicyclic) bond motifs is 1. The van der Waals surface area contributed by atoms with Crippen LogP contribution >= 0.6 is 11.8 Å². The minimum atomic E-state index is -0.162. The van der Waals surface area contributed by atoms with Gasteiger partial charge in [0.05, 0.1) is 25.1 Å². The van der Waals surface area contributed by atoms with Crippen molar-refractivity contribution < 1.29 is 9.53 Å². The zero-order valence-electron chi connectivity index (χ0n) is 17.9. The molecule has 0 saturated heterocycles. The number of hydrogen-bond donors (Lipinski definition) is 1. The standard InChI is InChI=1S/C21H27N5O3S/c1-6-26-19-18(14(4)24-26)23-21(30-12-17(27)22-13(2)3)25(20(19)28)11-15-7-9-16(29-5)10-8-15/h7-10,13H,6,11-12H2,1-5H3,(H,22,27). The van der Waals surface area contributed by atoms with Crippen molar-refractivity contribution in [1.82, 2.24) is 24.6 Å². The Hall–Kier alpha value is -2.81. The van der Waals surface area contributed by atoms with Crippen LogP contribution in [0.2, 0.25) is 0 Å². The third-order valence-electron chi connectivity index (χ3n) is 4.56. The Balaban J connectivity index is 2.04. The number of methoxy groups -OCH3 is 1. The molecule has 2 aromatic heterocycles. The van der Waals surface area contributed by atoms with E-state index in [0.717, 1.165) is 11.3 Å². The normalized spacial score (nSPS) is 11.3. The van der Waals surface area contributed by atoms with Gasteiger partial charge in [0.1, 0.15) is 11.3 Å². The van der Waals surface area contributed by atoms with Crippen molar-refractivity contribution in [2.75, 3.05) is 12.9 Å². The lowest BCUT2D eigenvalue weighted by atomic mass is 10.2. The molecule has 9 heteroatoms. The lowest BCUT2D eigenvalue weighted by Crippen LogP contribution is -2.32. The monoisotopic (exact) mass is 429 g/mol. The fourth-order valence-corrected chi connectivity index (χ4v) is 3.98. The first kappa shape index (κ1) is 21.9. The fraction of sp³-hybridized carbons (Fsp3) is 0.429. The molecular formula is C21H27N5O3S. The lowest BCUT2D eigenvalue weighted by Gasteiger charge is -2.14. The number of amides is 1. The number of aromatic nitrogens is 4. The van der Waals surface area contributed by atoms with E-state index < -0.39 is 0 Å². The number of benzene rings is 1. The molecule has 30 heavy (non-hydrogen) atoms. The summed E-state index contributed by atoms with van der Waals surface area (Å²) in [5.74, 6) is 0.834. The molecule has 0 bridgehead atoms. The number of nitrogens with one attached hydrogen (secondary N) is 1. The Bertz CT molecular complexity index is 1100. The van der Waals surface area contributed by atoms with E-state index >= 15 is 0 Å². The van der Waals surface area contributed by atoms with Gasteiger partial charge in [0, 0.05) is 12.6 Å². The topological polar surface area (TPSA) is 91.0 Å². The largest absolute Gasteiger partial charge is 0.497 e. The minimum Gasteiger partial charge on any atom is -0.497 e. The third kappa shape index (κ3) is 4.67. The van der Waals surface area contributed by atoms with Crippen molar-refractivity contribution in [1.29, 1.82) is 0 Å². The van der Waals surface area contributed by atoms with Gasteiger partial charge >= 0.3 is 0 Å². The second-order valence-corrected chi connectivity index (χ2v) is 8.19. The quantitative estimate of drug-likeness (QED) is 0.437. The summed E-state index contributed by atoms with van der Waals surface area (Å²) in [6, 6.07) is 7.60. The first-order chi connectivity index (χ1) is 14.3. The van der Waals surface area contributed by atoms with E-state index in [4.69, 9.17) is 9.72 Å². The molecule has 3 rings (SSSR count). The van der Waals surface area contributed by atoms with Gasteiger partial charge in [-0.05, 0) is 45.4 Å². The van der Waals surface area contributed by atoms with Crippen LogP contribution in [0.15, 0.2) is 34.2 Å². The van der Waals surface area contributed by atoms with E-state index in [1.807, 2.05) is 52.0 Å². The number of ether oxygens (including phenoxy) is 1. The highest BCUT2D eigenvalue weighted by Crippen LogP contribution is 2.21. The second kappa shape index (κ2) is 9.34. The SMILES string of the molecule is CCn1nc(C)c2nc(SCC(=O)NC(C)C)n(Cc3ccc(OC)cc3)c(=O)c21. The van der Waals surface area contributed by atoms with Crippen molar-refractivity contribution in [3.63, 3.8) is 0 Å². The average Bonchev–Trinajstić information content (AvgIpc) is 3.04. The number of carbonyl (C=O) groups excluding carboxylic acids is 1.